The van der Waals surface area contributed by atoms with Crippen LogP contribution in [0.25, 0.3) is 0 Å². The van der Waals surface area contributed by atoms with Crippen LogP contribution in [0.2, 0.25) is 0 Å². The summed E-state index contributed by atoms with van der Waals surface area (Å²) in [5.41, 5.74) is -0.436. The van der Waals surface area contributed by atoms with E-state index in [1.807, 2.05) is 26.8 Å². The van der Waals surface area contributed by atoms with Crippen molar-refractivity contribution in [2.75, 3.05) is 13.2 Å². The number of hydrogen-bond donors (Lipinski definition) is 1. The molecule has 138 valence electrons. The Morgan fingerprint density at radius 2 is 1.88 bits per heavy atom. The molecule has 0 saturated carbocycles. The molecule has 3 rings (SSSR count). The zero-order valence-corrected chi connectivity index (χ0v) is 15.2. The van der Waals surface area contributed by atoms with Crippen LogP contribution in [0.4, 0.5) is 9.18 Å². The summed E-state index contributed by atoms with van der Waals surface area (Å²) in [4.78, 5) is 14.3. The average Bonchev–Trinajstić information content (AvgIpc) is 2.43. The van der Waals surface area contributed by atoms with Gasteiger partial charge in [-0.3, -0.25) is 4.90 Å². The highest BCUT2D eigenvalue weighted by molar-refractivity contribution is 5.69. The molecule has 1 aromatic carbocycles. The van der Waals surface area contributed by atoms with E-state index in [4.69, 9.17) is 9.47 Å². The second-order valence-electron chi connectivity index (χ2n) is 8.19. The van der Waals surface area contributed by atoms with Crippen molar-refractivity contribution in [3.63, 3.8) is 0 Å². The van der Waals surface area contributed by atoms with Gasteiger partial charge < -0.3 is 14.6 Å². The number of aryl methyl sites for hydroxylation is 1. The van der Waals surface area contributed by atoms with Crippen molar-refractivity contribution >= 4 is 6.09 Å². The molecule has 25 heavy (non-hydrogen) atoms. The normalized spacial score (nSPS) is 29.4. The number of piperidine rings is 1. The molecule has 2 atom stereocenters. The fourth-order valence-corrected chi connectivity index (χ4v) is 3.83. The van der Waals surface area contributed by atoms with Gasteiger partial charge in [-0.25, -0.2) is 9.18 Å². The Bertz CT molecular complexity index is 636. The second-order valence-corrected chi connectivity index (χ2v) is 8.19. The van der Waals surface area contributed by atoms with Gasteiger partial charge in [0.2, 0.25) is 0 Å². The standard InChI is InChI=1S/C19H26FNO4/c1-12-5-13(7-14(20)6-12)19(23)8-15-10-24-11-16(9-19)21(15)17(22)25-18(2,3)4/h5-7,15-16,23H,8-11H2,1-4H3. The third kappa shape index (κ3) is 3.80. The van der Waals surface area contributed by atoms with Crippen molar-refractivity contribution in [3.8, 4) is 0 Å². The van der Waals surface area contributed by atoms with Crippen LogP contribution in [0.1, 0.15) is 44.7 Å². The number of benzene rings is 1. The monoisotopic (exact) mass is 351 g/mol. The molecule has 0 aromatic heterocycles. The van der Waals surface area contributed by atoms with E-state index in [2.05, 4.69) is 0 Å². The van der Waals surface area contributed by atoms with Crippen molar-refractivity contribution in [2.24, 2.45) is 0 Å². The number of ether oxygens (including phenoxy) is 2. The molecule has 5 nitrogen and oxygen atoms in total. The number of nitrogens with zero attached hydrogens (tertiary/aromatic N) is 1. The number of morpholine rings is 1. The minimum atomic E-state index is -1.18. The fourth-order valence-electron chi connectivity index (χ4n) is 3.83. The number of hydrogen-bond acceptors (Lipinski definition) is 4. The maximum absolute atomic E-state index is 13.8. The Morgan fingerprint density at radius 3 is 2.40 bits per heavy atom. The quantitative estimate of drug-likeness (QED) is 0.845. The van der Waals surface area contributed by atoms with Crippen molar-refractivity contribution < 1.29 is 23.8 Å². The molecule has 2 fully saturated rings. The van der Waals surface area contributed by atoms with Crippen LogP contribution in [0, 0.1) is 12.7 Å². The van der Waals surface area contributed by atoms with E-state index in [9.17, 15) is 14.3 Å². The van der Waals surface area contributed by atoms with E-state index in [1.165, 1.54) is 12.1 Å². The van der Waals surface area contributed by atoms with Crippen LogP contribution in [0.5, 0.6) is 0 Å². The van der Waals surface area contributed by atoms with Crippen molar-refractivity contribution in [2.45, 2.75) is 63.8 Å². The number of rotatable bonds is 1. The van der Waals surface area contributed by atoms with Gasteiger partial charge in [0.25, 0.3) is 0 Å². The predicted molar refractivity (Wildman–Crippen MR) is 90.7 cm³/mol. The van der Waals surface area contributed by atoms with Gasteiger partial charge in [-0.15, -0.1) is 0 Å². The third-order valence-electron chi connectivity index (χ3n) is 4.74. The van der Waals surface area contributed by atoms with E-state index in [0.717, 1.165) is 5.56 Å². The van der Waals surface area contributed by atoms with E-state index in [1.54, 1.807) is 11.8 Å². The summed E-state index contributed by atoms with van der Waals surface area (Å²) in [5, 5.41) is 11.2. The molecule has 0 aliphatic carbocycles. The molecule has 6 heteroatoms. The van der Waals surface area contributed by atoms with E-state index in [0.29, 0.717) is 31.6 Å². The topological polar surface area (TPSA) is 59.0 Å². The summed E-state index contributed by atoms with van der Waals surface area (Å²) in [6.07, 6.45) is 0.209. The lowest BCUT2D eigenvalue weighted by atomic mass is 9.76. The first-order valence-corrected chi connectivity index (χ1v) is 8.66. The third-order valence-corrected chi connectivity index (χ3v) is 4.74. The number of fused-ring (bicyclic) bond motifs is 2. The summed E-state index contributed by atoms with van der Waals surface area (Å²) in [6.45, 7) is 7.96. The molecule has 0 spiro atoms. The summed E-state index contributed by atoms with van der Waals surface area (Å²) in [6, 6.07) is 4.04. The molecule has 0 radical (unpaired) electrons. The highest BCUT2D eigenvalue weighted by Gasteiger charge is 2.50. The second kappa shape index (κ2) is 6.25. The zero-order valence-electron chi connectivity index (χ0n) is 15.2. The van der Waals surface area contributed by atoms with Crippen molar-refractivity contribution in [3.05, 3.63) is 35.1 Å². The smallest absolute Gasteiger partial charge is 0.410 e. The lowest BCUT2D eigenvalue weighted by Gasteiger charge is -2.51. The van der Waals surface area contributed by atoms with Gasteiger partial charge in [-0.1, -0.05) is 6.07 Å². The number of amides is 1. The lowest BCUT2D eigenvalue weighted by molar-refractivity contribution is -0.141. The molecule has 2 bridgehead atoms. The van der Waals surface area contributed by atoms with Crippen molar-refractivity contribution in [1.82, 2.24) is 4.90 Å². The van der Waals surface area contributed by atoms with Gasteiger partial charge in [-0.2, -0.15) is 0 Å². The highest BCUT2D eigenvalue weighted by atomic mass is 19.1. The number of aliphatic hydroxyl groups is 1. The van der Waals surface area contributed by atoms with Gasteiger partial charge in [0.1, 0.15) is 11.4 Å². The molecule has 1 amide bonds. The van der Waals surface area contributed by atoms with Gasteiger partial charge in [0.05, 0.1) is 30.9 Å². The maximum atomic E-state index is 13.8. The number of halogens is 1. The average molecular weight is 351 g/mol. The summed E-state index contributed by atoms with van der Waals surface area (Å²) < 4.78 is 24.9. The highest BCUT2D eigenvalue weighted by Crippen LogP contribution is 2.42. The van der Waals surface area contributed by atoms with Crippen LogP contribution in [-0.2, 0) is 15.1 Å². The van der Waals surface area contributed by atoms with Crippen LogP contribution in [0.3, 0.4) is 0 Å². The summed E-state index contributed by atoms with van der Waals surface area (Å²) in [7, 11) is 0. The van der Waals surface area contributed by atoms with Crippen LogP contribution >= 0.6 is 0 Å². The Kier molecular flexibility index (Phi) is 4.54. The zero-order chi connectivity index (χ0) is 18.4. The van der Waals surface area contributed by atoms with Crippen LogP contribution in [0.15, 0.2) is 18.2 Å². The minimum Gasteiger partial charge on any atom is -0.444 e. The minimum absolute atomic E-state index is 0.295. The first kappa shape index (κ1) is 18.1. The molecule has 2 unspecified atom stereocenters. The Morgan fingerprint density at radius 1 is 1.28 bits per heavy atom. The molecule has 1 N–H and O–H groups in total. The molecule has 2 aliphatic rings. The Hall–Kier alpha value is -1.66. The largest absolute Gasteiger partial charge is 0.444 e. The molecule has 2 saturated heterocycles. The number of carbonyl (C=O) groups excluding carboxylic acids is 1. The first-order valence-electron chi connectivity index (χ1n) is 8.66. The summed E-state index contributed by atoms with van der Waals surface area (Å²) in [5.74, 6) is -0.362. The number of carbonyl (C=O) groups is 1. The lowest BCUT2D eigenvalue weighted by Crippen LogP contribution is -2.63. The molecule has 1 aromatic rings. The predicted octanol–water partition coefficient (Wildman–Crippen LogP) is 3.12. The molecule has 2 aliphatic heterocycles. The molecule has 2 heterocycles. The van der Waals surface area contributed by atoms with E-state index in [-0.39, 0.29) is 24.0 Å². The Balaban J connectivity index is 1.86. The fraction of sp³-hybridized carbons (Fsp3) is 0.632. The van der Waals surface area contributed by atoms with Gasteiger partial charge in [-0.05, 0) is 51.0 Å². The van der Waals surface area contributed by atoms with Gasteiger partial charge >= 0.3 is 6.09 Å². The summed E-state index contributed by atoms with van der Waals surface area (Å²) >= 11 is 0. The first-order chi connectivity index (χ1) is 11.6. The van der Waals surface area contributed by atoms with Crippen LogP contribution < -0.4 is 0 Å². The van der Waals surface area contributed by atoms with Crippen LogP contribution in [-0.4, -0.2) is 47.0 Å². The maximum Gasteiger partial charge on any atom is 0.410 e. The van der Waals surface area contributed by atoms with Crippen molar-refractivity contribution in [1.29, 1.82) is 0 Å². The Labute approximate surface area is 147 Å². The van der Waals surface area contributed by atoms with Gasteiger partial charge in [0.15, 0.2) is 0 Å². The van der Waals surface area contributed by atoms with E-state index >= 15 is 0 Å². The van der Waals surface area contributed by atoms with Gasteiger partial charge in [0, 0.05) is 12.8 Å². The van der Waals surface area contributed by atoms with E-state index < -0.39 is 11.2 Å². The molecular formula is C19H26FNO4. The SMILES string of the molecule is Cc1cc(F)cc(C2(O)CC3COCC(C2)N3C(=O)OC(C)(C)C)c1. The molecular weight excluding hydrogens is 325 g/mol.